The van der Waals surface area contributed by atoms with Gasteiger partial charge in [-0.25, -0.2) is 4.79 Å². The van der Waals surface area contributed by atoms with Crippen LogP contribution in [-0.2, 0) is 4.74 Å². The lowest BCUT2D eigenvalue weighted by atomic mass is 9.89. The van der Waals surface area contributed by atoms with Gasteiger partial charge in [0, 0.05) is 25.3 Å². The summed E-state index contributed by atoms with van der Waals surface area (Å²) in [6.45, 7) is 4.14. The van der Waals surface area contributed by atoms with E-state index in [1.807, 2.05) is 42.2 Å². The third-order valence-electron chi connectivity index (χ3n) is 5.33. The highest BCUT2D eigenvalue weighted by Crippen LogP contribution is 2.35. The predicted molar refractivity (Wildman–Crippen MR) is 95.4 cm³/mol. The first-order valence-electron chi connectivity index (χ1n) is 9.24. The molecule has 2 aromatic rings. The molecule has 7 nitrogen and oxygen atoms in total. The van der Waals surface area contributed by atoms with Crippen molar-refractivity contribution in [3.05, 3.63) is 36.2 Å². The Balaban J connectivity index is 1.34. The van der Waals surface area contributed by atoms with Gasteiger partial charge in [0.2, 0.25) is 11.7 Å². The Kier molecular flexibility index (Phi) is 4.63. The van der Waals surface area contributed by atoms with Crippen LogP contribution in [-0.4, -0.2) is 46.4 Å². The van der Waals surface area contributed by atoms with E-state index in [0.717, 1.165) is 50.9 Å². The van der Waals surface area contributed by atoms with Crippen LogP contribution in [0, 0.1) is 0 Å². The number of amides is 2. The maximum Gasteiger partial charge on any atom is 0.318 e. The molecule has 2 aliphatic rings. The Morgan fingerprint density at radius 1 is 1.23 bits per heavy atom. The fraction of sp³-hybridized carbons (Fsp3) is 0.526. The normalized spacial score (nSPS) is 20.3. The van der Waals surface area contributed by atoms with Gasteiger partial charge in [-0.2, -0.15) is 4.98 Å². The molecule has 0 unspecified atom stereocenters. The number of nitrogens with zero attached hydrogens (tertiary/aromatic N) is 3. The zero-order valence-electron chi connectivity index (χ0n) is 15.0. The average molecular weight is 356 g/mol. The van der Waals surface area contributed by atoms with E-state index in [1.165, 1.54) is 0 Å². The molecular weight excluding hydrogens is 332 g/mol. The summed E-state index contributed by atoms with van der Waals surface area (Å²) in [4.78, 5) is 18.8. The van der Waals surface area contributed by atoms with E-state index in [-0.39, 0.29) is 17.7 Å². The van der Waals surface area contributed by atoms with Gasteiger partial charge in [-0.05, 0) is 32.6 Å². The zero-order valence-corrected chi connectivity index (χ0v) is 15.0. The largest absolute Gasteiger partial charge is 0.375 e. The highest BCUT2D eigenvalue weighted by Gasteiger charge is 2.39. The van der Waals surface area contributed by atoms with Crippen LogP contribution in [0.1, 0.15) is 44.5 Å². The Bertz CT molecular complexity index is 745. The molecule has 2 saturated heterocycles. The highest BCUT2D eigenvalue weighted by atomic mass is 16.5. The van der Waals surface area contributed by atoms with Crippen molar-refractivity contribution in [2.75, 3.05) is 19.7 Å². The molecule has 1 aromatic carbocycles. The smallest absolute Gasteiger partial charge is 0.318 e. The van der Waals surface area contributed by atoms with E-state index in [4.69, 9.17) is 9.26 Å². The van der Waals surface area contributed by atoms with Crippen molar-refractivity contribution in [3.8, 4) is 11.4 Å². The van der Waals surface area contributed by atoms with Crippen LogP contribution in [0.3, 0.4) is 0 Å². The van der Waals surface area contributed by atoms with E-state index in [9.17, 15) is 4.79 Å². The molecule has 3 heterocycles. The van der Waals surface area contributed by atoms with Crippen molar-refractivity contribution >= 4 is 6.03 Å². The van der Waals surface area contributed by atoms with Crippen LogP contribution < -0.4 is 5.32 Å². The topological polar surface area (TPSA) is 80.5 Å². The number of nitrogens with one attached hydrogen (secondary N) is 1. The van der Waals surface area contributed by atoms with Gasteiger partial charge in [0.15, 0.2) is 0 Å². The lowest BCUT2D eigenvalue weighted by Crippen LogP contribution is -2.50. The molecule has 2 aliphatic heterocycles. The van der Waals surface area contributed by atoms with E-state index >= 15 is 0 Å². The Hall–Kier alpha value is -2.41. The number of ether oxygens (including phenoxy) is 1. The first-order chi connectivity index (χ1) is 12.7. The van der Waals surface area contributed by atoms with Gasteiger partial charge in [0.25, 0.3) is 0 Å². The molecule has 2 amide bonds. The third-order valence-corrected chi connectivity index (χ3v) is 5.33. The molecule has 1 atom stereocenters. The Labute approximate surface area is 152 Å². The second-order valence-corrected chi connectivity index (χ2v) is 7.12. The van der Waals surface area contributed by atoms with E-state index in [1.54, 1.807) is 0 Å². The average Bonchev–Trinajstić information content (AvgIpc) is 3.33. The summed E-state index contributed by atoms with van der Waals surface area (Å²) in [5, 5.41) is 6.97. The molecule has 1 spiro atoms. The summed E-state index contributed by atoms with van der Waals surface area (Å²) >= 11 is 0. The summed E-state index contributed by atoms with van der Waals surface area (Å²) < 4.78 is 11.2. The van der Waals surface area contributed by atoms with Gasteiger partial charge in [0.1, 0.15) is 6.04 Å². The third kappa shape index (κ3) is 3.44. The fourth-order valence-corrected chi connectivity index (χ4v) is 3.72. The number of piperidine rings is 1. The van der Waals surface area contributed by atoms with E-state index < -0.39 is 0 Å². The second-order valence-electron chi connectivity index (χ2n) is 7.12. The summed E-state index contributed by atoms with van der Waals surface area (Å²) in [6, 6.07) is 9.20. The van der Waals surface area contributed by atoms with Crippen LogP contribution >= 0.6 is 0 Å². The van der Waals surface area contributed by atoms with Gasteiger partial charge < -0.3 is 19.5 Å². The van der Waals surface area contributed by atoms with Crippen molar-refractivity contribution in [2.45, 2.75) is 44.2 Å². The SMILES string of the molecule is C[C@H](NC(=O)N1CCC2(CCCO2)CC1)c1nc(-c2ccccc2)no1. The number of carbonyl (C=O) groups is 1. The van der Waals surface area contributed by atoms with Gasteiger partial charge in [-0.15, -0.1) is 0 Å². The van der Waals surface area contributed by atoms with Crippen molar-refractivity contribution in [3.63, 3.8) is 0 Å². The van der Waals surface area contributed by atoms with Crippen LogP contribution in [0.4, 0.5) is 4.79 Å². The number of benzene rings is 1. The molecule has 0 radical (unpaired) electrons. The Morgan fingerprint density at radius 2 is 2.00 bits per heavy atom. The summed E-state index contributed by atoms with van der Waals surface area (Å²) in [5.41, 5.74) is 0.901. The number of rotatable bonds is 3. The van der Waals surface area contributed by atoms with Crippen molar-refractivity contribution in [2.24, 2.45) is 0 Å². The molecule has 1 N–H and O–H groups in total. The predicted octanol–water partition coefficient (Wildman–Crippen LogP) is 3.15. The quantitative estimate of drug-likeness (QED) is 0.914. The zero-order chi connectivity index (χ0) is 18.0. The minimum Gasteiger partial charge on any atom is -0.375 e. The van der Waals surface area contributed by atoms with Gasteiger partial charge in [0.05, 0.1) is 5.60 Å². The highest BCUT2D eigenvalue weighted by molar-refractivity contribution is 5.74. The molecule has 0 aliphatic carbocycles. The van der Waals surface area contributed by atoms with Gasteiger partial charge in [-0.3, -0.25) is 0 Å². The minimum absolute atomic E-state index is 0.0134. The number of aromatic nitrogens is 2. The van der Waals surface area contributed by atoms with Crippen molar-refractivity contribution in [1.29, 1.82) is 0 Å². The molecule has 0 saturated carbocycles. The van der Waals surface area contributed by atoms with Crippen LogP contribution in [0.15, 0.2) is 34.9 Å². The van der Waals surface area contributed by atoms with Crippen molar-refractivity contribution in [1.82, 2.24) is 20.4 Å². The van der Waals surface area contributed by atoms with Crippen LogP contribution in [0.2, 0.25) is 0 Å². The standard InChI is InChI=1S/C19H24N4O3/c1-14(17-21-16(22-26-17)15-6-3-2-4-7-15)20-18(24)23-11-9-19(10-12-23)8-5-13-25-19/h2-4,6-7,14H,5,8-13H2,1H3,(H,20,24)/t14-/m0/s1. The molecular formula is C19H24N4O3. The van der Waals surface area contributed by atoms with Gasteiger partial charge >= 0.3 is 6.03 Å². The first kappa shape index (κ1) is 17.0. The maximum absolute atomic E-state index is 12.5. The molecule has 138 valence electrons. The van der Waals surface area contributed by atoms with Crippen LogP contribution in [0.5, 0.6) is 0 Å². The van der Waals surface area contributed by atoms with E-state index in [0.29, 0.717) is 11.7 Å². The summed E-state index contributed by atoms with van der Waals surface area (Å²) in [7, 11) is 0. The number of carbonyl (C=O) groups excluding carboxylic acids is 1. The first-order valence-corrected chi connectivity index (χ1v) is 9.24. The number of hydrogen-bond donors (Lipinski definition) is 1. The molecule has 26 heavy (non-hydrogen) atoms. The fourth-order valence-electron chi connectivity index (χ4n) is 3.72. The molecule has 2 fully saturated rings. The molecule has 4 rings (SSSR count). The molecule has 0 bridgehead atoms. The van der Waals surface area contributed by atoms with Crippen molar-refractivity contribution < 1.29 is 14.1 Å². The number of hydrogen-bond acceptors (Lipinski definition) is 5. The minimum atomic E-state index is -0.342. The molecule has 1 aromatic heterocycles. The summed E-state index contributed by atoms with van der Waals surface area (Å²) in [5.74, 6) is 0.935. The second kappa shape index (κ2) is 7.07. The monoisotopic (exact) mass is 356 g/mol. The van der Waals surface area contributed by atoms with Gasteiger partial charge in [-0.1, -0.05) is 35.5 Å². The van der Waals surface area contributed by atoms with E-state index in [2.05, 4.69) is 15.5 Å². The lowest BCUT2D eigenvalue weighted by molar-refractivity contribution is -0.0362. The lowest BCUT2D eigenvalue weighted by Gasteiger charge is -2.38. The Morgan fingerprint density at radius 3 is 2.69 bits per heavy atom. The number of urea groups is 1. The van der Waals surface area contributed by atoms with Crippen LogP contribution in [0.25, 0.3) is 11.4 Å². The maximum atomic E-state index is 12.5. The molecule has 7 heteroatoms. The summed E-state index contributed by atoms with van der Waals surface area (Å²) in [6.07, 6.45) is 4.06. The number of likely N-dealkylation sites (tertiary alicyclic amines) is 1.